The number of nitrogen functional groups attached to an aromatic ring is 1. The second-order valence-corrected chi connectivity index (χ2v) is 6.10. The molecule has 2 N–H and O–H groups in total. The summed E-state index contributed by atoms with van der Waals surface area (Å²) in [5.74, 6) is -0.248. The van der Waals surface area contributed by atoms with Crippen LogP contribution in [0.15, 0.2) is 36.5 Å². The van der Waals surface area contributed by atoms with E-state index >= 15 is 0 Å². The van der Waals surface area contributed by atoms with Crippen LogP contribution in [0.2, 0.25) is 0 Å². The summed E-state index contributed by atoms with van der Waals surface area (Å²) in [4.78, 5) is 2.36. The van der Waals surface area contributed by atoms with Gasteiger partial charge in [-0.15, -0.1) is 11.3 Å². The van der Waals surface area contributed by atoms with Gasteiger partial charge in [-0.25, -0.2) is 9.07 Å². The van der Waals surface area contributed by atoms with Gasteiger partial charge in [-0.3, -0.25) is 0 Å². The summed E-state index contributed by atoms with van der Waals surface area (Å²) in [6.45, 7) is 3.98. The minimum absolute atomic E-state index is 0.248. The van der Waals surface area contributed by atoms with E-state index < -0.39 is 0 Å². The van der Waals surface area contributed by atoms with E-state index in [9.17, 15) is 4.39 Å². The van der Waals surface area contributed by atoms with Crippen molar-refractivity contribution in [2.45, 2.75) is 20.3 Å². The van der Waals surface area contributed by atoms with Gasteiger partial charge in [0.2, 0.25) is 0 Å². The molecule has 0 saturated carbocycles. The molecule has 0 radical (unpaired) electrons. The highest BCUT2D eigenvalue weighted by molar-refractivity contribution is 7.15. The van der Waals surface area contributed by atoms with Gasteiger partial charge in [-0.1, -0.05) is 6.92 Å². The normalized spacial score (nSPS) is 11.0. The molecule has 2 heterocycles. The van der Waals surface area contributed by atoms with Gasteiger partial charge in [0.05, 0.1) is 22.4 Å². The maximum absolute atomic E-state index is 13.2. The first-order valence-electron chi connectivity index (χ1n) is 6.79. The zero-order valence-electron chi connectivity index (χ0n) is 11.9. The number of benzene rings is 1. The molecule has 0 fully saturated rings. The Morgan fingerprint density at radius 2 is 2.10 bits per heavy atom. The number of halogens is 1. The number of aromatic nitrogens is 2. The Hall–Kier alpha value is -2.14. The Labute approximate surface area is 126 Å². The predicted molar refractivity (Wildman–Crippen MR) is 85.4 cm³/mol. The molecule has 0 unspecified atom stereocenters. The highest BCUT2D eigenvalue weighted by Gasteiger charge is 2.13. The van der Waals surface area contributed by atoms with E-state index in [0.717, 1.165) is 28.2 Å². The molecule has 0 aliphatic carbocycles. The van der Waals surface area contributed by atoms with Crippen molar-refractivity contribution in [3.8, 4) is 16.3 Å². The Morgan fingerprint density at radius 1 is 1.29 bits per heavy atom. The zero-order valence-corrected chi connectivity index (χ0v) is 12.7. The largest absolute Gasteiger partial charge is 0.396 e. The van der Waals surface area contributed by atoms with Gasteiger partial charge < -0.3 is 5.73 Å². The van der Waals surface area contributed by atoms with Crippen LogP contribution >= 0.6 is 11.3 Å². The van der Waals surface area contributed by atoms with E-state index in [-0.39, 0.29) is 5.82 Å². The molecular formula is C16H16FN3S. The minimum atomic E-state index is -0.248. The Morgan fingerprint density at radius 3 is 2.76 bits per heavy atom. The van der Waals surface area contributed by atoms with Crippen LogP contribution in [0.1, 0.15) is 17.4 Å². The van der Waals surface area contributed by atoms with Crippen LogP contribution in [0.4, 0.5) is 10.1 Å². The summed E-state index contributed by atoms with van der Waals surface area (Å²) in [6.07, 6.45) is 2.78. The van der Waals surface area contributed by atoms with E-state index in [2.05, 4.69) is 18.1 Å². The molecule has 1 aromatic carbocycles. The van der Waals surface area contributed by atoms with Crippen molar-refractivity contribution in [1.29, 1.82) is 0 Å². The van der Waals surface area contributed by atoms with Crippen molar-refractivity contribution >= 4 is 17.0 Å². The zero-order chi connectivity index (χ0) is 15.0. The molecule has 21 heavy (non-hydrogen) atoms. The molecule has 3 aromatic rings. The van der Waals surface area contributed by atoms with Crippen LogP contribution in [-0.4, -0.2) is 9.78 Å². The lowest BCUT2D eigenvalue weighted by atomic mass is 10.2. The molecule has 2 aromatic heterocycles. The number of aryl methyl sites for hydroxylation is 2. The quantitative estimate of drug-likeness (QED) is 0.788. The number of hydrogen-bond acceptors (Lipinski definition) is 3. The number of nitrogens with two attached hydrogens (primary N) is 1. The van der Waals surface area contributed by atoms with Crippen molar-refractivity contribution in [1.82, 2.24) is 9.78 Å². The minimum Gasteiger partial charge on any atom is -0.396 e. The lowest BCUT2D eigenvalue weighted by molar-refractivity contribution is 0.625. The van der Waals surface area contributed by atoms with E-state index in [0.29, 0.717) is 5.69 Å². The van der Waals surface area contributed by atoms with Crippen molar-refractivity contribution in [3.05, 3.63) is 52.8 Å². The summed E-state index contributed by atoms with van der Waals surface area (Å²) in [5.41, 5.74) is 9.16. The number of thiophene rings is 1. The van der Waals surface area contributed by atoms with Gasteiger partial charge in [0.1, 0.15) is 11.5 Å². The van der Waals surface area contributed by atoms with Gasteiger partial charge in [0.25, 0.3) is 0 Å². The molecule has 0 aliphatic rings. The Kier molecular flexibility index (Phi) is 3.51. The predicted octanol–water partition coefficient (Wildman–Crippen LogP) is 4.19. The smallest absolute Gasteiger partial charge is 0.126 e. The summed E-state index contributed by atoms with van der Waals surface area (Å²) in [5, 5.41) is 4.57. The number of rotatable bonds is 3. The molecule has 0 spiro atoms. The third kappa shape index (κ3) is 2.56. The first-order chi connectivity index (χ1) is 10.1. The van der Waals surface area contributed by atoms with Crippen LogP contribution in [0.5, 0.6) is 0 Å². The van der Waals surface area contributed by atoms with Crippen molar-refractivity contribution in [3.63, 3.8) is 0 Å². The molecule has 5 heteroatoms. The number of anilines is 1. The third-order valence-electron chi connectivity index (χ3n) is 3.39. The molecule has 3 rings (SSSR count). The molecule has 0 saturated heterocycles. The van der Waals surface area contributed by atoms with E-state index in [1.54, 1.807) is 28.3 Å². The summed E-state index contributed by atoms with van der Waals surface area (Å²) in [7, 11) is 0. The summed E-state index contributed by atoms with van der Waals surface area (Å²) in [6, 6.07) is 8.78. The average Bonchev–Trinajstić information content (AvgIpc) is 3.05. The second-order valence-electron chi connectivity index (χ2n) is 4.93. The topological polar surface area (TPSA) is 43.8 Å². The highest BCUT2D eigenvalue weighted by atomic mass is 32.1. The highest BCUT2D eigenvalue weighted by Crippen LogP contribution is 2.32. The van der Waals surface area contributed by atoms with Crippen LogP contribution in [0.3, 0.4) is 0 Å². The van der Waals surface area contributed by atoms with Crippen LogP contribution in [0, 0.1) is 12.7 Å². The molecule has 108 valence electrons. The fraction of sp³-hybridized carbons (Fsp3) is 0.188. The first-order valence-corrected chi connectivity index (χ1v) is 7.61. The first kappa shape index (κ1) is 13.8. The average molecular weight is 301 g/mol. The van der Waals surface area contributed by atoms with Crippen molar-refractivity contribution in [2.75, 3.05) is 5.73 Å². The SMILES string of the molecule is CCc1ccc(-c2nn(-c3ccc(F)cc3C)cc2N)s1. The van der Waals surface area contributed by atoms with Gasteiger partial charge >= 0.3 is 0 Å². The molecule has 3 nitrogen and oxygen atoms in total. The fourth-order valence-electron chi connectivity index (χ4n) is 2.27. The summed E-state index contributed by atoms with van der Waals surface area (Å²) < 4.78 is 14.9. The molecule has 0 amide bonds. The van der Waals surface area contributed by atoms with Crippen LogP contribution in [-0.2, 0) is 6.42 Å². The van der Waals surface area contributed by atoms with Gasteiger partial charge in [-0.2, -0.15) is 5.10 Å². The molecule has 0 aliphatic heterocycles. The molecule has 0 bridgehead atoms. The lowest BCUT2D eigenvalue weighted by Gasteiger charge is -2.05. The van der Waals surface area contributed by atoms with Crippen LogP contribution < -0.4 is 5.73 Å². The second kappa shape index (κ2) is 5.33. The van der Waals surface area contributed by atoms with E-state index in [4.69, 9.17) is 5.73 Å². The fourth-order valence-corrected chi connectivity index (χ4v) is 3.23. The Bertz CT molecular complexity index is 789. The van der Waals surface area contributed by atoms with Crippen molar-refractivity contribution < 1.29 is 4.39 Å². The number of nitrogens with zero attached hydrogens (tertiary/aromatic N) is 2. The van der Waals surface area contributed by atoms with E-state index in [1.165, 1.54) is 17.0 Å². The maximum Gasteiger partial charge on any atom is 0.126 e. The van der Waals surface area contributed by atoms with Gasteiger partial charge in [0, 0.05) is 4.88 Å². The molecular weight excluding hydrogens is 285 g/mol. The Balaban J connectivity index is 2.05. The van der Waals surface area contributed by atoms with Gasteiger partial charge in [0.15, 0.2) is 0 Å². The van der Waals surface area contributed by atoms with Crippen molar-refractivity contribution in [2.24, 2.45) is 0 Å². The standard InChI is InChI=1S/C16H16FN3S/c1-3-12-5-7-15(21-12)16-13(18)9-20(19-16)14-6-4-11(17)8-10(14)2/h4-9H,3,18H2,1-2H3. The third-order valence-corrected chi connectivity index (χ3v) is 4.63. The maximum atomic E-state index is 13.2. The van der Waals surface area contributed by atoms with Crippen LogP contribution in [0.25, 0.3) is 16.3 Å². The monoisotopic (exact) mass is 301 g/mol. The summed E-state index contributed by atoms with van der Waals surface area (Å²) >= 11 is 1.70. The number of hydrogen-bond donors (Lipinski definition) is 1. The van der Waals surface area contributed by atoms with E-state index in [1.807, 2.05) is 13.0 Å². The molecule has 0 atom stereocenters. The van der Waals surface area contributed by atoms with Gasteiger partial charge in [-0.05, 0) is 49.2 Å². The lowest BCUT2D eigenvalue weighted by Crippen LogP contribution is -1.98.